The molecule has 0 aliphatic heterocycles. The maximum atomic E-state index is 12.9. The number of para-hydroxylation sites is 1. The number of fused-ring (bicyclic) bond motifs is 2. The lowest BCUT2D eigenvalue weighted by Crippen LogP contribution is -2.17. The molecule has 25 heavy (non-hydrogen) atoms. The van der Waals surface area contributed by atoms with Gasteiger partial charge in [-0.05, 0) is 51.3 Å². The lowest BCUT2D eigenvalue weighted by Gasteiger charge is -2.13. The number of aromatic nitrogens is 1. The van der Waals surface area contributed by atoms with Crippen LogP contribution in [0.1, 0.15) is 6.42 Å². The molecule has 0 spiro atoms. The van der Waals surface area contributed by atoms with E-state index in [1.807, 2.05) is 36.4 Å². The van der Waals surface area contributed by atoms with Crippen LogP contribution in [-0.4, -0.2) is 37.1 Å². The van der Waals surface area contributed by atoms with Crippen molar-refractivity contribution in [1.29, 1.82) is 0 Å². The third kappa shape index (κ3) is 4.37. The van der Waals surface area contributed by atoms with E-state index in [0.29, 0.717) is 22.0 Å². The second kappa shape index (κ2) is 8.94. The number of nitrogen functional groups attached to an aromatic ring is 1. The Hall–Kier alpha value is -1.95. The van der Waals surface area contributed by atoms with Gasteiger partial charge in [-0.3, -0.25) is 4.79 Å². The van der Waals surface area contributed by atoms with Crippen LogP contribution in [0.3, 0.4) is 0 Å². The van der Waals surface area contributed by atoms with Gasteiger partial charge in [0.1, 0.15) is 0 Å². The van der Waals surface area contributed by atoms with Crippen molar-refractivity contribution in [3.05, 3.63) is 46.6 Å². The average Bonchev–Trinajstić information content (AvgIpc) is 2.54. The molecule has 2 aromatic carbocycles. The molecule has 0 unspecified atom stereocenters. The molecule has 7 heteroatoms. The second-order valence-corrected chi connectivity index (χ2v) is 6.04. The van der Waals surface area contributed by atoms with Crippen LogP contribution in [0.25, 0.3) is 21.8 Å². The quantitative estimate of drug-likeness (QED) is 0.358. The van der Waals surface area contributed by atoms with Crippen LogP contribution < -0.4 is 16.5 Å². The van der Waals surface area contributed by atoms with Gasteiger partial charge in [-0.2, -0.15) is 0 Å². The molecular formula is C18H24Cl2N4O. The summed E-state index contributed by atoms with van der Waals surface area (Å²) in [6.45, 7) is 1.81. The molecule has 0 atom stereocenters. The number of H-pyrrole nitrogens is 1. The van der Waals surface area contributed by atoms with Gasteiger partial charge in [0.05, 0.1) is 16.6 Å². The number of rotatable bonds is 5. The van der Waals surface area contributed by atoms with Gasteiger partial charge in [-0.1, -0.05) is 12.1 Å². The van der Waals surface area contributed by atoms with E-state index in [1.165, 1.54) is 0 Å². The lowest BCUT2D eigenvalue weighted by molar-refractivity contribution is 0.405. The van der Waals surface area contributed by atoms with Gasteiger partial charge in [0.25, 0.3) is 0 Å². The normalized spacial score (nSPS) is 10.5. The van der Waals surface area contributed by atoms with E-state index in [2.05, 4.69) is 29.3 Å². The minimum Gasteiger partial charge on any atom is -0.397 e. The molecule has 0 radical (unpaired) electrons. The summed E-state index contributed by atoms with van der Waals surface area (Å²) >= 11 is 0. The number of aromatic amines is 1. The molecule has 0 saturated carbocycles. The first-order chi connectivity index (χ1) is 11.1. The highest BCUT2D eigenvalue weighted by Crippen LogP contribution is 2.26. The zero-order valence-corrected chi connectivity index (χ0v) is 16.0. The summed E-state index contributed by atoms with van der Waals surface area (Å²) in [5.74, 6) is 0. The first kappa shape index (κ1) is 21.1. The zero-order valence-electron chi connectivity index (χ0n) is 14.3. The molecule has 1 heterocycles. The van der Waals surface area contributed by atoms with Crippen molar-refractivity contribution in [2.24, 2.45) is 0 Å². The minimum atomic E-state index is 0. The van der Waals surface area contributed by atoms with Gasteiger partial charge in [0, 0.05) is 23.1 Å². The van der Waals surface area contributed by atoms with Crippen LogP contribution in [0.4, 0.5) is 11.4 Å². The van der Waals surface area contributed by atoms with Crippen LogP contribution >= 0.6 is 24.8 Å². The van der Waals surface area contributed by atoms with Gasteiger partial charge in [0.2, 0.25) is 0 Å². The molecule has 1 aromatic heterocycles. The first-order valence-electron chi connectivity index (χ1n) is 7.80. The van der Waals surface area contributed by atoms with E-state index >= 15 is 0 Å². The van der Waals surface area contributed by atoms with Crippen molar-refractivity contribution in [1.82, 2.24) is 9.88 Å². The molecule has 0 saturated heterocycles. The van der Waals surface area contributed by atoms with Crippen molar-refractivity contribution in [3.8, 4) is 0 Å². The summed E-state index contributed by atoms with van der Waals surface area (Å²) in [5.41, 5.74) is 9.01. The van der Waals surface area contributed by atoms with Gasteiger partial charge in [-0.15, -0.1) is 24.8 Å². The number of halogens is 2. The summed E-state index contributed by atoms with van der Waals surface area (Å²) in [7, 11) is 4.10. The van der Waals surface area contributed by atoms with E-state index in [1.54, 1.807) is 0 Å². The van der Waals surface area contributed by atoms with Crippen molar-refractivity contribution < 1.29 is 0 Å². The Balaban J connectivity index is 0.00000156. The number of nitrogens with one attached hydrogen (secondary N) is 2. The lowest BCUT2D eigenvalue weighted by atomic mass is 10.1. The zero-order chi connectivity index (χ0) is 16.4. The highest BCUT2D eigenvalue weighted by molar-refractivity contribution is 6.04. The number of hydrogen-bond acceptors (Lipinski definition) is 4. The molecule has 0 aliphatic rings. The standard InChI is InChI=1S/C18H22N4O.2ClH/c1-22(2)11-5-10-20-15-9-8-13(19)17-16(15)18(23)12-6-3-4-7-14(12)21-17;;/h3-4,6-9,20H,5,10-11,19H2,1-2H3,(H,21,23);2*1H. The third-order valence-corrected chi connectivity index (χ3v) is 3.99. The Labute approximate surface area is 159 Å². The van der Waals surface area contributed by atoms with E-state index in [9.17, 15) is 4.79 Å². The molecule has 5 nitrogen and oxygen atoms in total. The van der Waals surface area contributed by atoms with Crippen LogP contribution in [0, 0.1) is 0 Å². The summed E-state index contributed by atoms with van der Waals surface area (Å²) in [4.78, 5) is 18.3. The number of nitrogens with two attached hydrogens (primary N) is 1. The van der Waals surface area contributed by atoms with E-state index in [0.717, 1.165) is 30.7 Å². The number of nitrogens with zero attached hydrogens (tertiary/aromatic N) is 1. The fourth-order valence-corrected chi connectivity index (χ4v) is 2.81. The smallest absolute Gasteiger partial charge is 0.199 e. The average molecular weight is 383 g/mol. The van der Waals surface area contributed by atoms with Crippen LogP contribution in [0.2, 0.25) is 0 Å². The summed E-state index contributed by atoms with van der Waals surface area (Å²) in [6, 6.07) is 11.2. The third-order valence-electron chi connectivity index (χ3n) is 3.99. The highest BCUT2D eigenvalue weighted by atomic mass is 35.5. The molecule has 4 N–H and O–H groups in total. The summed E-state index contributed by atoms with van der Waals surface area (Å²) < 4.78 is 0. The Kier molecular flexibility index (Phi) is 7.55. The fourth-order valence-electron chi connectivity index (χ4n) is 2.81. The number of anilines is 2. The topological polar surface area (TPSA) is 74.2 Å². The van der Waals surface area contributed by atoms with Crippen molar-refractivity contribution in [3.63, 3.8) is 0 Å². The van der Waals surface area contributed by atoms with Crippen LogP contribution in [-0.2, 0) is 0 Å². The van der Waals surface area contributed by atoms with Crippen molar-refractivity contribution in [2.45, 2.75) is 6.42 Å². The van der Waals surface area contributed by atoms with Crippen molar-refractivity contribution >= 4 is 58.0 Å². The van der Waals surface area contributed by atoms with Crippen LogP contribution in [0.15, 0.2) is 41.2 Å². The van der Waals surface area contributed by atoms with E-state index < -0.39 is 0 Å². The predicted octanol–water partition coefficient (Wildman–Crippen LogP) is 3.47. The SMILES string of the molecule is CN(C)CCCNc1ccc(N)c2[nH]c3ccccc3c(=O)c12.Cl.Cl. The van der Waals surface area contributed by atoms with Crippen LogP contribution in [0.5, 0.6) is 0 Å². The highest BCUT2D eigenvalue weighted by Gasteiger charge is 2.11. The maximum Gasteiger partial charge on any atom is 0.199 e. The Morgan fingerprint density at radius 1 is 1.12 bits per heavy atom. The Bertz CT molecular complexity index is 909. The molecule has 0 aliphatic carbocycles. The number of hydrogen-bond donors (Lipinski definition) is 3. The van der Waals surface area contributed by atoms with Crippen molar-refractivity contribution in [2.75, 3.05) is 38.2 Å². The number of benzene rings is 2. The molecule has 0 amide bonds. The summed E-state index contributed by atoms with van der Waals surface area (Å²) in [5, 5.41) is 4.69. The van der Waals surface area contributed by atoms with Gasteiger partial charge in [-0.25, -0.2) is 0 Å². The van der Waals surface area contributed by atoms with E-state index in [-0.39, 0.29) is 30.2 Å². The predicted molar refractivity (Wildman–Crippen MR) is 113 cm³/mol. The molecule has 0 fully saturated rings. The monoisotopic (exact) mass is 382 g/mol. The van der Waals surface area contributed by atoms with Gasteiger partial charge >= 0.3 is 0 Å². The van der Waals surface area contributed by atoms with Gasteiger partial charge in [0.15, 0.2) is 5.43 Å². The minimum absolute atomic E-state index is 0. The Morgan fingerprint density at radius 2 is 1.84 bits per heavy atom. The van der Waals surface area contributed by atoms with E-state index in [4.69, 9.17) is 5.73 Å². The summed E-state index contributed by atoms with van der Waals surface area (Å²) in [6.07, 6.45) is 1.00. The van der Waals surface area contributed by atoms with Gasteiger partial charge < -0.3 is 20.9 Å². The number of pyridine rings is 1. The molecule has 3 aromatic rings. The Morgan fingerprint density at radius 3 is 2.56 bits per heavy atom. The fraction of sp³-hybridized carbons (Fsp3) is 0.278. The first-order valence-corrected chi connectivity index (χ1v) is 7.80. The second-order valence-electron chi connectivity index (χ2n) is 6.04. The molecular weight excluding hydrogens is 359 g/mol. The molecule has 0 bridgehead atoms. The largest absolute Gasteiger partial charge is 0.397 e. The molecule has 136 valence electrons. The maximum absolute atomic E-state index is 12.9. The molecule has 3 rings (SSSR count).